The lowest BCUT2D eigenvalue weighted by molar-refractivity contribution is -0.144. The molecular weight excluding hydrogens is 222 g/mol. The first-order valence-corrected chi connectivity index (χ1v) is 7.33. The molecule has 2 N–H and O–H groups in total. The van der Waals surface area contributed by atoms with Gasteiger partial charge in [-0.2, -0.15) is 11.8 Å². The summed E-state index contributed by atoms with van der Waals surface area (Å²) in [6, 6.07) is 0.449. The number of carboxylic acids is 1. The highest BCUT2D eigenvalue weighted by Crippen LogP contribution is 2.25. The Balaban J connectivity index is 2.23. The van der Waals surface area contributed by atoms with Gasteiger partial charge in [0.25, 0.3) is 0 Å². The van der Waals surface area contributed by atoms with E-state index in [4.69, 9.17) is 0 Å². The Morgan fingerprint density at radius 3 is 2.69 bits per heavy atom. The third kappa shape index (κ3) is 4.74. The van der Waals surface area contributed by atoms with Gasteiger partial charge in [0.15, 0.2) is 0 Å². The Labute approximate surface area is 102 Å². The molecule has 4 heteroatoms. The molecule has 1 fully saturated rings. The first-order chi connectivity index (χ1) is 7.58. The second-order valence-electron chi connectivity index (χ2n) is 4.77. The van der Waals surface area contributed by atoms with Gasteiger partial charge in [-0.25, -0.2) is 0 Å². The molecule has 1 rings (SSSR count). The molecule has 16 heavy (non-hydrogen) atoms. The van der Waals surface area contributed by atoms with E-state index in [1.54, 1.807) is 0 Å². The summed E-state index contributed by atoms with van der Waals surface area (Å²) in [7, 11) is 0. The van der Waals surface area contributed by atoms with E-state index in [-0.39, 0.29) is 0 Å². The van der Waals surface area contributed by atoms with E-state index in [0.29, 0.717) is 6.04 Å². The summed E-state index contributed by atoms with van der Waals surface area (Å²) < 4.78 is 0. The van der Waals surface area contributed by atoms with Crippen LogP contribution in [0.2, 0.25) is 0 Å². The van der Waals surface area contributed by atoms with Crippen LogP contribution < -0.4 is 5.32 Å². The molecule has 0 aliphatic heterocycles. The van der Waals surface area contributed by atoms with Crippen LogP contribution in [0.25, 0.3) is 0 Å². The van der Waals surface area contributed by atoms with Gasteiger partial charge in [-0.1, -0.05) is 6.92 Å². The Morgan fingerprint density at radius 1 is 1.50 bits per heavy atom. The highest BCUT2D eigenvalue weighted by atomic mass is 32.2. The fraction of sp³-hybridized carbons (Fsp3) is 0.917. The van der Waals surface area contributed by atoms with E-state index < -0.39 is 11.5 Å². The molecule has 0 aromatic heterocycles. The average molecular weight is 245 g/mol. The molecular formula is C12H23NO2S. The van der Waals surface area contributed by atoms with Gasteiger partial charge in [-0.05, 0) is 50.5 Å². The topological polar surface area (TPSA) is 49.3 Å². The molecule has 1 saturated carbocycles. The van der Waals surface area contributed by atoms with Crippen molar-refractivity contribution in [3.05, 3.63) is 0 Å². The SMILES string of the molecule is CCCSCCCC(C)(NC1CC1)C(=O)O. The molecule has 0 aromatic rings. The molecule has 3 nitrogen and oxygen atoms in total. The Bertz CT molecular complexity index is 231. The van der Waals surface area contributed by atoms with E-state index in [0.717, 1.165) is 31.4 Å². The van der Waals surface area contributed by atoms with Gasteiger partial charge in [-0.15, -0.1) is 0 Å². The number of thioether (sulfide) groups is 1. The number of hydrogen-bond donors (Lipinski definition) is 2. The van der Waals surface area contributed by atoms with E-state index >= 15 is 0 Å². The molecule has 0 radical (unpaired) electrons. The van der Waals surface area contributed by atoms with Crippen molar-refractivity contribution in [3.63, 3.8) is 0 Å². The van der Waals surface area contributed by atoms with Crippen molar-refractivity contribution in [2.75, 3.05) is 11.5 Å². The Hall–Kier alpha value is -0.220. The molecule has 1 aliphatic rings. The third-order valence-electron chi connectivity index (χ3n) is 2.89. The fourth-order valence-corrected chi connectivity index (χ4v) is 2.53. The normalized spacial score (nSPS) is 19.4. The highest BCUT2D eigenvalue weighted by molar-refractivity contribution is 7.99. The molecule has 0 heterocycles. The van der Waals surface area contributed by atoms with Gasteiger partial charge in [0.05, 0.1) is 0 Å². The Morgan fingerprint density at radius 2 is 2.19 bits per heavy atom. The zero-order valence-corrected chi connectivity index (χ0v) is 11.1. The lowest BCUT2D eigenvalue weighted by atomic mass is 9.96. The molecule has 0 aromatic carbocycles. The van der Waals surface area contributed by atoms with Gasteiger partial charge in [0.2, 0.25) is 0 Å². The first kappa shape index (κ1) is 13.8. The number of carboxylic acid groups (broad SMARTS) is 1. The van der Waals surface area contributed by atoms with Gasteiger partial charge in [-0.3, -0.25) is 10.1 Å². The second kappa shape index (κ2) is 6.50. The van der Waals surface area contributed by atoms with Crippen LogP contribution in [0.15, 0.2) is 0 Å². The standard InChI is InChI=1S/C12H23NO2S/c1-3-8-16-9-4-7-12(2,11(14)15)13-10-5-6-10/h10,13H,3-9H2,1-2H3,(H,14,15). The average Bonchev–Trinajstić information content (AvgIpc) is 3.01. The van der Waals surface area contributed by atoms with Crippen molar-refractivity contribution in [2.45, 2.75) is 57.5 Å². The molecule has 0 amide bonds. The third-order valence-corrected chi connectivity index (χ3v) is 4.16. The van der Waals surface area contributed by atoms with Crippen molar-refractivity contribution < 1.29 is 9.90 Å². The van der Waals surface area contributed by atoms with Crippen LogP contribution in [0.4, 0.5) is 0 Å². The maximum Gasteiger partial charge on any atom is 0.323 e. The van der Waals surface area contributed by atoms with Crippen LogP contribution in [-0.2, 0) is 4.79 Å². The molecule has 0 spiro atoms. The minimum absolute atomic E-state index is 0.449. The fourth-order valence-electron chi connectivity index (χ4n) is 1.69. The first-order valence-electron chi connectivity index (χ1n) is 6.17. The monoisotopic (exact) mass is 245 g/mol. The number of carbonyl (C=O) groups is 1. The molecule has 1 aliphatic carbocycles. The van der Waals surface area contributed by atoms with Crippen molar-refractivity contribution in [1.29, 1.82) is 0 Å². The second-order valence-corrected chi connectivity index (χ2v) is 6.00. The highest BCUT2D eigenvalue weighted by Gasteiger charge is 2.37. The Kier molecular flexibility index (Phi) is 5.62. The summed E-state index contributed by atoms with van der Waals surface area (Å²) in [5.41, 5.74) is -0.714. The van der Waals surface area contributed by atoms with E-state index in [9.17, 15) is 9.90 Å². The van der Waals surface area contributed by atoms with Crippen LogP contribution in [0, 0.1) is 0 Å². The maximum atomic E-state index is 11.2. The molecule has 0 bridgehead atoms. The minimum atomic E-state index is -0.714. The predicted octanol–water partition coefficient (Wildman–Crippen LogP) is 2.51. The summed E-state index contributed by atoms with van der Waals surface area (Å²) in [6.45, 7) is 3.99. The van der Waals surface area contributed by atoms with Crippen molar-refractivity contribution in [1.82, 2.24) is 5.32 Å². The lowest BCUT2D eigenvalue weighted by Gasteiger charge is -2.26. The van der Waals surface area contributed by atoms with Crippen LogP contribution in [0.1, 0.15) is 46.0 Å². The molecule has 1 unspecified atom stereocenters. The van der Waals surface area contributed by atoms with E-state index in [1.165, 1.54) is 12.2 Å². The van der Waals surface area contributed by atoms with Gasteiger partial charge >= 0.3 is 5.97 Å². The number of nitrogens with one attached hydrogen (secondary N) is 1. The summed E-state index contributed by atoms with van der Waals surface area (Å²) in [6.07, 6.45) is 5.17. The summed E-state index contributed by atoms with van der Waals surface area (Å²) in [4.78, 5) is 11.2. The van der Waals surface area contributed by atoms with E-state index in [2.05, 4.69) is 12.2 Å². The van der Waals surface area contributed by atoms with Crippen LogP contribution >= 0.6 is 11.8 Å². The molecule has 1 atom stereocenters. The zero-order chi connectivity index (χ0) is 12.0. The van der Waals surface area contributed by atoms with Crippen molar-refractivity contribution in [2.24, 2.45) is 0 Å². The van der Waals surface area contributed by atoms with Crippen LogP contribution in [0.3, 0.4) is 0 Å². The van der Waals surface area contributed by atoms with Gasteiger partial charge < -0.3 is 5.11 Å². The summed E-state index contributed by atoms with van der Waals surface area (Å²) >= 11 is 1.92. The quantitative estimate of drug-likeness (QED) is 0.613. The zero-order valence-electron chi connectivity index (χ0n) is 10.3. The molecule has 94 valence electrons. The minimum Gasteiger partial charge on any atom is -0.480 e. The van der Waals surface area contributed by atoms with E-state index in [1.807, 2.05) is 18.7 Å². The van der Waals surface area contributed by atoms with Crippen LogP contribution in [-0.4, -0.2) is 34.2 Å². The summed E-state index contributed by atoms with van der Waals surface area (Å²) in [5.74, 6) is 1.54. The van der Waals surface area contributed by atoms with Crippen LogP contribution in [0.5, 0.6) is 0 Å². The van der Waals surface area contributed by atoms with Crippen molar-refractivity contribution >= 4 is 17.7 Å². The largest absolute Gasteiger partial charge is 0.480 e. The summed E-state index contributed by atoms with van der Waals surface area (Å²) in [5, 5.41) is 12.5. The van der Waals surface area contributed by atoms with Gasteiger partial charge in [0, 0.05) is 6.04 Å². The number of rotatable bonds is 9. The number of hydrogen-bond acceptors (Lipinski definition) is 3. The predicted molar refractivity (Wildman–Crippen MR) is 69.0 cm³/mol. The smallest absolute Gasteiger partial charge is 0.323 e. The van der Waals surface area contributed by atoms with Crippen molar-refractivity contribution in [3.8, 4) is 0 Å². The maximum absolute atomic E-state index is 11.2. The lowest BCUT2D eigenvalue weighted by Crippen LogP contribution is -2.50. The van der Waals surface area contributed by atoms with Gasteiger partial charge in [0.1, 0.15) is 5.54 Å². The number of aliphatic carboxylic acids is 1. The molecule has 0 saturated heterocycles.